The predicted octanol–water partition coefficient (Wildman–Crippen LogP) is 7.69. The topological polar surface area (TPSA) is 25.2 Å². The molecule has 1 unspecified atom stereocenters. The highest BCUT2D eigenvalue weighted by atomic mass is 127. The maximum atomic E-state index is 4.21. The van der Waals surface area contributed by atoms with Crippen LogP contribution in [-0.2, 0) is 12.8 Å². The fourth-order valence-electron chi connectivity index (χ4n) is 3.27. The second-order valence-corrected chi connectivity index (χ2v) is 10.1. The van der Waals surface area contributed by atoms with E-state index in [1.165, 1.54) is 46.8 Å². The largest absolute Gasteiger partial charge is 0.264 e. The monoisotopic (exact) mass is 512 g/mol. The molecule has 0 fully saturated rings. The molecule has 3 aromatic rings. The maximum Gasteiger partial charge on any atom is 0.0728 e. The molecule has 2 aromatic carbocycles. The molecule has 0 aliphatic heterocycles. The first-order valence-electron chi connectivity index (χ1n) is 9.81. The molecule has 0 saturated heterocycles. The third kappa shape index (κ3) is 6.32. The summed E-state index contributed by atoms with van der Waals surface area (Å²) in [5, 5.41) is 0. The second kappa shape index (κ2) is 11.4. The number of nitrogens with zero attached hydrogens (tertiary/aromatic N) is 2. The normalized spacial score (nSPS) is 11.9. The summed E-state index contributed by atoms with van der Waals surface area (Å²) in [4.78, 5) is 8.30. The molecule has 2 nitrogen and oxygen atoms in total. The lowest BCUT2D eigenvalue weighted by molar-refractivity contribution is 0.934. The number of hydrogen-bond acceptors (Lipinski definition) is 2. The highest BCUT2D eigenvalue weighted by Crippen LogP contribution is 2.26. The van der Waals surface area contributed by atoms with Gasteiger partial charge in [0, 0.05) is 18.0 Å². The van der Waals surface area contributed by atoms with Crippen LogP contribution in [0.2, 0.25) is 0 Å². The molecule has 0 spiro atoms. The van der Waals surface area contributed by atoms with Crippen LogP contribution in [0.1, 0.15) is 30.0 Å². The molecule has 1 atom stereocenters. The van der Waals surface area contributed by atoms with Crippen molar-refractivity contribution in [3.8, 4) is 11.1 Å². The van der Waals surface area contributed by atoms with Gasteiger partial charge < -0.3 is 0 Å². The molecule has 0 amide bonds. The zero-order valence-corrected chi connectivity index (χ0v) is 19.9. The Morgan fingerprint density at radius 1 is 1.03 bits per heavy atom. The average molecular weight is 512 g/mol. The molecule has 0 N–H and O–H groups in total. The van der Waals surface area contributed by atoms with E-state index < -0.39 is 0 Å². The van der Waals surface area contributed by atoms with Crippen LogP contribution < -0.4 is 0 Å². The minimum absolute atomic E-state index is 0.877. The van der Waals surface area contributed by atoms with E-state index in [2.05, 4.69) is 100 Å². The highest BCUT2D eigenvalue weighted by molar-refractivity contribution is 14.2. The Morgan fingerprint density at radius 2 is 1.69 bits per heavy atom. The maximum absolute atomic E-state index is 4.21. The van der Waals surface area contributed by atoms with Crippen LogP contribution in [0.25, 0.3) is 16.7 Å². The molecule has 0 aliphatic carbocycles. The Labute approximate surface area is 188 Å². The molecule has 148 valence electrons. The summed E-state index contributed by atoms with van der Waals surface area (Å²) in [6.07, 6.45) is 11.5. The molecule has 4 heteroatoms. The van der Waals surface area contributed by atoms with Crippen molar-refractivity contribution in [2.75, 3.05) is 6.16 Å². The minimum atomic E-state index is 0.877. The van der Waals surface area contributed by atoms with Crippen LogP contribution >= 0.6 is 28.3 Å². The van der Waals surface area contributed by atoms with Crippen LogP contribution in [0.15, 0.2) is 78.1 Å². The number of aromatic nitrogens is 1. The second-order valence-electron chi connectivity index (χ2n) is 7.02. The molecule has 0 radical (unpaired) electrons. The summed E-state index contributed by atoms with van der Waals surface area (Å²) < 4.78 is 0. The van der Waals surface area contributed by atoms with Crippen LogP contribution in [-0.4, -0.2) is 17.9 Å². The van der Waals surface area contributed by atoms with Gasteiger partial charge >= 0.3 is 0 Å². The SMILES string of the molecule is C=Nc1ccncc1/C(C)=C\Cc1ccc(-c2ccc(CCCPI)cc2)cc1. The van der Waals surface area contributed by atoms with Crippen molar-refractivity contribution in [2.24, 2.45) is 4.99 Å². The molecular weight excluding hydrogens is 486 g/mol. The van der Waals surface area contributed by atoms with E-state index in [4.69, 9.17) is 0 Å². The van der Waals surface area contributed by atoms with Crippen LogP contribution in [0.5, 0.6) is 0 Å². The van der Waals surface area contributed by atoms with Gasteiger partial charge in [-0.1, -0.05) is 82.9 Å². The number of aliphatic imine (C=N–C) groups is 1. The van der Waals surface area contributed by atoms with Gasteiger partial charge in [0.2, 0.25) is 0 Å². The van der Waals surface area contributed by atoms with Crippen molar-refractivity contribution in [1.82, 2.24) is 4.98 Å². The Kier molecular flexibility index (Phi) is 8.57. The number of aryl methyl sites for hydroxylation is 1. The van der Waals surface area contributed by atoms with E-state index in [1.54, 1.807) is 6.20 Å². The van der Waals surface area contributed by atoms with E-state index in [9.17, 15) is 0 Å². The van der Waals surface area contributed by atoms with Crippen molar-refractivity contribution in [3.63, 3.8) is 0 Å². The van der Waals surface area contributed by atoms with Gasteiger partial charge in [0.15, 0.2) is 0 Å². The standard InChI is InChI=1S/C25H26IN2P/c1-19(24-18-28-16-15-25(24)27-2)5-6-21-9-13-23(14-10-21)22-11-7-20(8-12-22)4-3-17-29-26/h5,7-16,18,29H,2-4,6,17H2,1H3/b19-5-. The summed E-state index contributed by atoms with van der Waals surface area (Å²) in [6, 6.07) is 19.8. The van der Waals surface area contributed by atoms with Crippen molar-refractivity contribution in [2.45, 2.75) is 26.2 Å². The Morgan fingerprint density at radius 3 is 2.31 bits per heavy atom. The summed E-state index contributed by atoms with van der Waals surface area (Å²) in [5.74, 6) is 0. The van der Waals surface area contributed by atoms with Crippen LogP contribution in [0.4, 0.5) is 5.69 Å². The average Bonchev–Trinajstić information content (AvgIpc) is 2.78. The number of halogens is 1. The number of allylic oxidation sites excluding steroid dienone is 2. The molecule has 3 rings (SSSR count). The van der Waals surface area contributed by atoms with E-state index in [-0.39, 0.29) is 0 Å². The van der Waals surface area contributed by atoms with Gasteiger partial charge in [0.1, 0.15) is 0 Å². The third-order valence-corrected chi connectivity index (χ3v) is 7.18. The summed E-state index contributed by atoms with van der Waals surface area (Å²) in [6.45, 7) is 5.75. The smallest absolute Gasteiger partial charge is 0.0728 e. The van der Waals surface area contributed by atoms with Crippen LogP contribution in [0.3, 0.4) is 0 Å². The van der Waals surface area contributed by atoms with Gasteiger partial charge in [-0.3, -0.25) is 9.98 Å². The first-order valence-corrected chi connectivity index (χ1v) is 14.1. The first-order chi connectivity index (χ1) is 14.2. The van der Waals surface area contributed by atoms with Gasteiger partial charge in [-0.25, -0.2) is 0 Å². The van der Waals surface area contributed by atoms with Gasteiger partial charge in [-0.15, -0.1) is 0 Å². The zero-order chi connectivity index (χ0) is 20.5. The lowest BCUT2D eigenvalue weighted by Gasteiger charge is -2.07. The predicted molar refractivity (Wildman–Crippen MR) is 138 cm³/mol. The quantitative estimate of drug-likeness (QED) is 0.125. The zero-order valence-electron chi connectivity index (χ0n) is 16.7. The Bertz CT molecular complexity index is 963. The first kappa shape index (κ1) is 21.9. The summed E-state index contributed by atoms with van der Waals surface area (Å²) >= 11 is 2.48. The molecule has 0 saturated carbocycles. The van der Waals surface area contributed by atoms with Gasteiger partial charge in [0.25, 0.3) is 0 Å². The summed E-state index contributed by atoms with van der Waals surface area (Å²) in [7, 11) is 0. The van der Waals surface area contributed by atoms with Crippen LogP contribution in [0, 0.1) is 0 Å². The molecule has 0 aliphatic rings. The Balaban J connectivity index is 1.65. The molecule has 1 aromatic heterocycles. The van der Waals surface area contributed by atoms with E-state index >= 15 is 0 Å². The van der Waals surface area contributed by atoms with Crippen molar-refractivity contribution in [1.29, 1.82) is 0 Å². The van der Waals surface area contributed by atoms with Gasteiger partial charge in [0.05, 0.1) is 5.69 Å². The van der Waals surface area contributed by atoms with E-state index in [1.807, 2.05) is 12.3 Å². The number of rotatable bonds is 9. The van der Waals surface area contributed by atoms with Crippen molar-refractivity contribution < 1.29 is 0 Å². The summed E-state index contributed by atoms with van der Waals surface area (Å²) in [5.41, 5.74) is 8.36. The lowest BCUT2D eigenvalue weighted by atomic mass is 9.99. The van der Waals surface area contributed by atoms with Crippen molar-refractivity contribution in [3.05, 3.63) is 89.8 Å². The third-order valence-electron chi connectivity index (χ3n) is 5.02. The molecular formula is C25H26IN2P. The Hall–Kier alpha value is -1.84. The lowest BCUT2D eigenvalue weighted by Crippen LogP contribution is -1.88. The number of hydrogen-bond donors (Lipinski definition) is 0. The minimum Gasteiger partial charge on any atom is -0.264 e. The van der Waals surface area contributed by atoms with Gasteiger partial charge in [-0.2, -0.15) is 0 Å². The number of pyridine rings is 1. The van der Waals surface area contributed by atoms with Gasteiger partial charge in [-0.05, 0) is 73.0 Å². The fraction of sp³-hybridized carbons (Fsp3) is 0.200. The fourth-order valence-corrected chi connectivity index (χ4v) is 4.72. The van der Waals surface area contributed by atoms with Crippen molar-refractivity contribution >= 4 is 46.2 Å². The highest BCUT2D eigenvalue weighted by Gasteiger charge is 2.03. The molecule has 29 heavy (non-hydrogen) atoms. The molecule has 0 bridgehead atoms. The van der Waals surface area contributed by atoms with E-state index in [0.717, 1.165) is 23.9 Å². The molecule has 1 heterocycles. The van der Waals surface area contributed by atoms with E-state index in [0.29, 0.717) is 0 Å². The number of benzene rings is 2.